The van der Waals surface area contributed by atoms with Crippen LogP contribution in [0.3, 0.4) is 0 Å². The Morgan fingerprint density at radius 1 is 0.911 bits per heavy atom. The molecule has 1 saturated heterocycles. The van der Waals surface area contributed by atoms with Crippen molar-refractivity contribution in [2.24, 2.45) is 0 Å². The van der Waals surface area contributed by atoms with E-state index < -0.39 is 79.5 Å². The highest BCUT2D eigenvalue weighted by Crippen LogP contribution is 2.71. The second-order valence-electron chi connectivity index (χ2n) is 9.00. The number of aryl methyl sites for hydroxylation is 1. The minimum Gasteiger partial charge on any atom is -0.423 e. The van der Waals surface area contributed by atoms with Gasteiger partial charge in [0.2, 0.25) is 0 Å². The van der Waals surface area contributed by atoms with Crippen LogP contribution in [0.5, 0.6) is 5.75 Å². The van der Waals surface area contributed by atoms with Crippen molar-refractivity contribution in [1.82, 2.24) is 9.55 Å². The smallest absolute Gasteiger partial charge is 0.423 e. The number of phosphoric ester groups is 2. The average Bonchev–Trinajstić information content (AvgIpc) is 3.13. The predicted molar refractivity (Wildman–Crippen MR) is 145 cm³/mol. The molecule has 248 valence electrons. The molecular formula is C19H23N3O19P4. The minimum absolute atomic E-state index is 0.107. The predicted octanol–water partition coefficient (Wildman–Crippen LogP) is 0.407. The molecule has 0 amide bonds. The molecule has 8 atom stereocenters. The third-order valence-electron chi connectivity index (χ3n) is 5.63. The fourth-order valence-electron chi connectivity index (χ4n) is 3.84. The number of hydrogen-bond donors (Lipinski definition) is 7. The molecule has 1 aromatic carbocycles. The third-order valence-corrected chi connectivity index (χ3v) is 11.5. The number of ether oxygens (including phenoxy) is 1. The summed E-state index contributed by atoms with van der Waals surface area (Å²) < 4.78 is 80.3. The Balaban J connectivity index is 1.36. The summed E-state index contributed by atoms with van der Waals surface area (Å²) in [7, 11) is -23.7. The number of nitrogen functional groups attached to an aromatic ring is 1. The molecule has 0 aliphatic carbocycles. The molecule has 0 saturated carbocycles. The molecule has 8 N–H and O–H groups in total. The van der Waals surface area contributed by atoms with Crippen LogP contribution in [-0.4, -0.2) is 64.3 Å². The number of rotatable bonds is 12. The summed E-state index contributed by atoms with van der Waals surface area (Å²) in [4.78, 5) is 66.1. The highest BCUT2D eigenvalue weighted by molar-refractivity contribution is 7.69. The Hall–Kier alpha value is -2.61. The van der Waals surface area contributed by atoms with Crippen molar-refractivity contribution in [2.45, 2.75) is 31.5 Å². The van der Waals surface area contributed by atoms with E-state index in [1.165, 1.54) is 18.2 Å². The van der Waals surface area contributed by atoms with Gasteiger partial charge in [-0.15, -0.1) is 0 Å². The maximum absolute atomic E-state index is 12.3. The van der Waals surface area contributed by atoms with Gasteiger partial charge in [-0.2, -0.15) is 17.9 Å². The van der Waals surface area contributed by atoms with Crippen LogP contribution in [0, 0.1) is 6.92 Å². The van der Waals surface area contributed by atoms with Gasteiger partial charge in [-0.25, -0.2) is 27.8 Å². The van der Waals surface area contributed by atoms with Crippen LogP contribution in [-0.2, 0) is 40.5 Å². The van der Waals surface area contributed by atoms with Gasteiger partial charge in [0.05, 0.1) is 6.61 Å². The van der Waals surface area contributed by atoms with E-state index >= 15 is 0 Å². The van der Waals surface area contributed by atoms with Crippen molar-refractivity contribution < 1.29 is 79.2 Å². The van der Waals surface area contributed by atoms with E-state index in [9.17, 15) is 57.6 Å². The second-order valence-corrected chi connectivity index (χ2v) is 15.1. The van der Waals surface area contributed by atoms with Crippen molar-refractivity contribution in [2.75, 3.05) is 12.3 Å². The fraction of sp³-hybridized carbons (Fsp3) is 0.316. The van der Waals surface area contributed by atoms with Gasteiger partial charge in [0.15, 0.2) is 6.23 Å². The SMILES string of the molecule is Cc1cc(=O)oc2cc(OP(=O)(O)OP(=O)(O)OP(=O)(O)OP(=O)(O)OC[C@H]3O[C@@H](n4ccc(N)nc4=O)[C@H](O)[C@@H]3O)ccc12. The van der Waals surface area contributed by atoms with Crippen LogP contribution >= 0.6 is 31.3 Å². The summed E-state index contributed by atoms with van der Waals surface area (Å²) in [6.45, 7) is 0.429. The Kier molecular flexibility index (Phi) is 10.1. The number of hydrogen-bond acceptors (Lipinski definition) is 17. The van der Waals surface area contributed by atoms with Crippen LogP contribution in [0.1, 0.15) is 11.8 Å². The monoisotopic (exact) mass is 721 g/mol. The van der Waals surface area contributed by atoms with Crippen LogP contribution in [0.15, 0.2) is 50.5 Å². The largest absolute Gasteiger partial charge is 0.536 e. The van der Waals surface area contributed by atoms with E-state index in [4.69, 9.17) is 14.9 Å². The van der Waals surface area contributed by atoms with E-state index in [0.717, 1.165) is 22.9 Å². The maximum atomic E-state index is 12.3. The van der Waals surface area contributed by atoms with E-state index in [0.29, 0.717) is 10.9 Å². The van der Waals surface area contributed by atoms with E-state index in [1.807, 2.05) is 0 Å². The molecule has 3 aromatic rings. The number of aliphatic hydroxyl groups is 2. The summed E-state index contributed by atoms with van der Waals surface area (Å²) >= 11 is 0. The van der Waals surface area contributed by atoms with E-state index in [1.54, 1.807) is 6.92 Å². The Morgan fingerprint density at radius 3 is 2.18 bits per heavy atom. The first-order valence-corrected chi connectivity index (χ1v) is 17.8. The third kappa shape index (κ3) is 9.02. The second kappa shape index (κ2) is 12.9. The maximum Gasteiger partial charge on any atom is 0.536 e. The summed E-state index contributed by atoms with van der Waals surface area (Å²) in [5.41, 5.74) is 4.00. The molecule has 1 aliphatic heterocycles. The number of fused-ring (bicyclic) bond motifs is 1. The van der Waals surface area contributed by atoms with Crippen molar-refractivity contribution >= 4 is 48.1 Å². The number of aliphatic hydroxyl groups excluding tert-OH is 2. The summed E-state index contributed by atoms with van der Waals surface area (Å²) in [5.74, 6) is -0.693. The molecule has 45 heavy (non-hydrogen) atoms. The zero-order chi connectivity index (χ0) is 33.5. The normalized spacial score (nSPS) is 25.6. The van der Waals surface area contributed by atoms with Crippen LogP contribution < -0.4 is 21.6 Å². The Morgan fingerprint density at radius 2 is 1.53 bits per heavy atom. The molecule has 4 rings (SSSR count). The molecule has 0 radical (unpaired) electrons. The first-order valence-electron chi connectivity index (χ1n) is 11.9. The molecule has 26 heteroatoms. The molecule has 1 aliphatic rings. The van der Waals surface area contributed by atoms with Crippen molar-refractivity contribution in [3.8, 4) is 5.75 Å². The first-order chi connectivity index (χ1) is 20.7. The Bertz CT molecular complexity index is 1910. The van der Waals surface area contributed by atoms with Crippen molar-refractivity contribution in [3.05, 3.63) is 63.0 Å². The molecule has 4 unspecified atom stereocenters. The highest BCUT2D eigenvalue weighted by Gasteiger charge is 2.48. The number of nitrogens with two attached hydrogens (primary N) is 1. The van der Waals surface area contributed by atoms with Crippen molar-refractivity contribution in [3.63, 3.8) is 0 Å². The summed E-state index contributed by atoms with van der Waals surface area (Å²) in [6, 6.07) is 5.68. The lowest BCUT2D eigenvalue weighted by atomic mass is 10.1. The van der Waals surface area contributed by atoms with Crippen LogP contribution in [0.2, 0.25) is 0 Å². The van der Waals surface area contributed by atoms with Gasteiger partial charge in [-0.3, -0.25) is 14.0 Å². The van der Waals surface area contributed by atoms with E-state index in [2.05, 4.69) is 27.0 Å². The molecule has 3 heterocycles. The van der Waals surface area contributed by atoms with Gasteiger partial charge < -0.3 is 44.3 Å². The van der Waals surface area contributed by atoms with Gasteiger partial charge in [0.25, 0.3) is 0 Å². The fourth-order valence-corrected chi connectivity index (χ4v) is 8.78. The molecule has 0 spiro atoms. The molecule has 0 bridgehead atoms. The topological polar surface area (TPSA) is 336 Å². The minimum atomic E-state index is -6.14. The molecule has 1 fully saturated rings. The zero-order valence-corrected chi connectivity index (χ0v) is 25.8. The summed E-state index contributed by atoms with van der Waals surface area (Å²) in [5, 5.41) is 20.8. The molecule has 2 aromatic heterocycles. The quantitative estimate of drug-likeness (QED) is 0.0983. The number of nitrogens with zero attached hydrogens (tertiary/aromatic N) is 2. The van der Waals surface area contributed by atoms with Gasteiger partial charge in [-0.05, 0) is 30.7 Å². The zero-order valence-electron chi connectivity index (χ0n) is 22.2. The Labute approximate surface area is 249 Å². The van der Waals surface area contributed by atoms with Gasteiger partial charge in [0, 0.05) is 23.7 Å². The van der Waals surface area contributed by atoms with Crippen LogP contribution in [0.4, 0.5) is 5.82 Å². The average molecular weight is 721 g/mol. The number of aromatic nitrogens is 2. The molecular weight excluding hydrogens is 698 g/mol. The molecule has 22 nitrogen and oxygen atoms in total. The highest BCUT2D eigenvalue weighted by atomic mass is 31.3. The lowest BCUT2D eigenvalue weighted by Gasteiger charge is -2.21. The van der Waals surface area contributed by atoms with Gasteiger partial charge >= 0.3 is 42.6 Å². The van der Waals surface area contributed by atoms with Gasteiger partial charge in [-0.1, -0.05) is 0 Å². The number of phosphoric acid groups is 4. The standard InChI is InChI=1S/C19H23N3O19P4/c1-9-6-15(23)36-12-7-10(2-3-11(9)12)38-43(29,30)40-45(33,34)41-44(31,32)39-42(27,28)35-8-13-16(24)17(25)18(37-13)22-5-4-14(20)21-19(22)26/h2-7,13,16-18,24-25H,8H2,1H3,(H,27,28)(H,29,30)(H,31,32)(H,33,34)(H2,20,21,26)/t13-,16-,17-,18-/m1/s1. The lowest BCUT2D eigenvalue weighted by Crippen LogP contribution is -2.36. The lowest BCUT2D eigenvalue weighted by molar-refractivity contribution is -0.0541. The number of benzene rings is 1. The number of anilines is 1. The van der Waals surface area contributed by atoms with Gasteiger partial charge in [0.1, 0.15) is 35.5 Å². The summed E-state index contributed by atoms with van der Waals surface area (Å²) in [6.07, 6.45) is -5.83. The van der Waals surface area contributed by atoms with Crippen molar-refractivity contribution in [1.29, 1.82) is 0 Å². The van der Waals surface area contributed by atoms with Crippen LogP contribution in [0.25, 0.3) is 11.0 Å². The first kappa shape index (κ1) is 35.2. The van der Waals surface area contributed by atoms with E-state index in [-0.39, 0.29) is 11.4 Å².